The Morgan fingerprint density at radius 2 is 1.68 bits per heavy atom. The lowest BCUT2D eigenvalue weighted by Gasteiger charge is -2.45. The van der Waals surface area contributed by atoms with E-state index >= 15 is 0 Å². The molecule has 1 amide bonds. The number of carboxylic acids is 1. The Morgan fingerprint density at radius 3 is 2.18 bits per heavy atom. The summed E-state index contributed by atoms with van der Waals surface area (Å²) < 4.78 is 39.1. The number of piperidine rings is 1. The lowest BCUT2D eigenvalue weighted by molar-refractivity contribution is -0.180. The van der Waals surface area contributed by atoms with Crippen LogP contribution in [0.15, 0.2) is 12.1 Å². The van der Waals surface area contributed by atoms with Gasteiger partial charge < -0.3 is 25.2 Å². The van der Waals surface area contributed by atoms with Gasteiger partial charge in [-0.25, -0.2) is 13.6 Å². The Hall–Kier alpha value is -2.42. The molecule has 1 aliphatic carbocycles. The van der Waals surface area contributed by atoms with E-state index in [2.05, 4.69) is 10.6 Å². The minimum Gasteiger partial charge on any atom is -0.493 e. The van der Waals surface area contributed by atoms with Crippen LogP contribution in [0.3, 0.4) is 0 Å². The molecule has 1 aromatic carbocycles. The number of halogens is 2. The number of amides is 1. The van der Waals surface area contributed by atoms with Crippen molar-refractivity contribution < 1.29 is 33.0 Å². The van der Waals surface area contributed by atoms with E-state index in [0.717, 1.165) is 56.3 Å². The van der Waals surface area contributed by atoms with Crippen LogP contribution >= 0.6 is 0 Å². The molecule has 3 rings (SSSR count). The first-order valence-electron chi connectivity index (χ1n) is 14.1. The molecule has 38 heavy (non-hydrogen) atoms. The highest BCUT2D eigenvalue weighted by Crippen LogP contribution is 2.46. The maximum atomic E-state index is 13.7. The van der Waals surface area contributed by atoms with Crippen LogP contribution in [0.1, 0.15) is 89.2 Å². The number of alkyl halides is 2. The average Bonchev–Trinajstić information content (AvgIpc) is 2.85. The third-order valence-electron chi connectivity index (χ3n) is 8.13. The Balaban J connectivity index is 1.82. The first-order valence-corrected chi connectivity index (χ1v) is 14.1. The van der Waals surface area contributed by atoms with Gasteiger partial charge in [0.2, 0.25) is 5.91 Å². The summed E-state index contributed by atoms with van der Waals surface area (Å²) in [5.41, 5.74) is -0.216. The van der Waals surface area contributed by atoms with Gasteiger partial charge in [-0.15, -0.1) is 0 Å². The Morgan fingerprint density at radius 1 is 1.11 bits per heavy atom. The van der Waals surface area contributed by atoms with Gasteiger partial charge in [-0.05, 0) is 82.7 Å². The lowest BCUT2D eigenvalue weighted by Crippen LogP contribution is -2.67. The van der Waals surface area contributed by atoms with Crippen molar-refractivity contribution >= 4 is 11.9 Å². The zero-order chi connectivity index (χ0) is 27.9. The van der Waals surface area contributed by atoms with Gasteiger partial charge in [-0.2, -0.15) is 0 Å². The lowest BCUT2D eigenvalue weighted by atomic mass is 9.72. The molecule has 214 valence electrons. The van der Waals surface area contributed by atoms with Crippen LogP contribution in [0.2, 0.25) is 0 Å². The number of aliphatic carboxylic acids is 1. The van der Waals surface area contributed by atoms with E-state index in [-0.39, 0.29) is 5.92 Å². The molecule has 3 N–H and O–H groups in total. The van der Waals surface area contributed by atoms with Crippen molar-refractivity contribution in [3.05, 3.63) is 23.3 Å². The minimum absolute atomic E-state index is 0.306. The first-order chi connectivity index (χ1) is 18.0. The summed E-state index contributed by atoms with van der Waals surface area (Å²) in [7, 11) is 0. The predicted molar refractivity (Wildman–Crippen MR) is 142 cm³/mol. The molecule has 0 aromatic heterocycles. The molecule has 2 fully saturated rings. The third-order valence-corrected chi connectivity index (χ3v) is 8.13. The van der Waals surface area contributed by atoms with Crippen LogP contribution in [0.4, 0.5) is 8.78 Å². The van der Waals surface area contributed by atoms with E-state index in [4.69, 9.17) is 9.47 Å². The quantitative estimate of drug-likeness (QED) is 0.273. The molecule has 1 aliphatic heterocycles. The van der Waals surface area contributed by atoms with E-state index in [1.54, 1.807) is 0 Å². The zero-order valence-electron chi connectivity index (χ0n) is 23.2. The molecular weight excluding hydrogens is 494 g/mol. The van der Waals surface area contributed by atoms with Gasteiger partial charge in [0.15, 0.2) is 0 Å². The molecule has 1 heterocycles. The largest absolute Gasteiger partial charge is 0.493 e. The first kappa shape index (κ1) is 30.1. The van der Waals surface area contributed by atoms with Crippen LogP contribution in [-0.4, -0.2) is 54.7 Å². The van der Waals surface area contributed by atoms with Gasteiger partial charge in [-0.1, -0.05) is 26.2 Å². The molecule has 1 saturated carbocycles. The summed E-state index contributed by atoms with van der Waals surface area (Å²) in [6, 6.07) is 3.82. The van der Waals surface area contributed by atoms with Crippen LogP contribution in [0, 0.1) is 18.8 Å². The number of carbonyl (C=O) groups is 2. The maximum Gasteiger partial charge on any atom is 0.329 e. The monoisotopic (exact) mass is 538 g/mol. The molecule has 0 radical (unpaired) electrons. The van der Waals surface area contributed by atoms with Gasteiger partial charge in [0.1, 0.15) is 17.0 Å². The second kappa shape index (κ2) is 13.1. The number of carbonyl (C=O) groups excluding carboxylic acids is 1. The number of ether oxygens (including phenoxy) is 2. The van der Waals surface area contributed by atoms with Crippen molar-refractivity contribution in [2.24, 2.45) is 11.8 Å². The number of nitrogens with one attached hydrogen (secondary N) is 2. The third kappa shape index (κ3) is 7.36. The van der Waals surface area contributed by atoms with Crippen molar-refractivity contribution in [3.63, 3.8) is 0 Å². The molecule has 1 aromatic rings. The highest BCUT2D eigenvalue weighted by molar-refractivity contribution is 5.89. The van der Waals surface area contributed by atoms with Crippen molar-refractivity contribution in [1.29, 1.82) is 0 Å². The normalized spacial score (nSPS) is 20.2. The van der Waals surface area contributed by atoms with Crippen molar-refractivity contribution in [3.8, 4) is 11.5 Å². The summed E-state index contributed by atoms with van der Waals surface area (Å²) in [6.07, 6.45) is 3.92. The minimum atomic E-state index is -3.09. The predicted octanol–water partition coefficient (Wildman–Crippen LogP) is 5.44. The van der Waals surface area contributed by atoms with Crippen LogP contribution < -0.4 is 20.1 Å². The van der Waals surface area contributed by atoms with E-state index in [9.17, 15) is 23.5 Å². The maximum absolute atomic E-state index is 13.7. The molecule has 0 bridgehead atoms. The number of benzene rings is 1. The number of unbranched alkanes of at least 4 members (excludes halogenated alkanes) is 1. The average molecular weight is 539 g/mol. The number of hydrogen-bond acceptors (Lipinski definition) is 5. The van der Waals surface area contributed by atoms with Gasteiger partial charge >= 0.3 is 5.97 Å². The Labute approximate surface area is 225 Å². The van der Waals surface area contributed by atoms with Crippen molar-refractivity contribution in [1.82, 2.24) is 10.6 Å². The number of hydrogen-bond donors (Lipinski definition) is 3. The fraction of sp³-hybridized carbons (Fsp3) is 0.724. The fourth-order valence-corrected chi connectivity index (χ4v) is 5.82. The van der Waals surface area contributed by atoms with Crippen LogP contribution in [0.5, 0.6) is 11.5 Å². The smallest absolute Gasteiger partial charge is 0.329 e. The summed E-state index contributed by atoms with van der Waals surface area (Å²) >= 11 is 0. The zero-order valence-corrected chi connectivity index (χ0v) is 23.2. The highest BCUT2D eigenvalue weighted by Gasteiger charge is 2.62. The number of rotatable bonds is 14. The van der Waals surface area contributed by atoms with E-state index < -0.39 is 42.1 Å². The standard InChI is InChI=1S/C29H44F2N2O5/c1-5-37-24-15-22(16-25(20(24)4)38-6-2)19(3)23(10-8-7-9-21-11-13-32-14-12-21)26(34)33-28(27(35)36)17-29(30,31)18-28/h15-16,19,21,23,32H,5-14,17-18H2,1-4H3,(H,33,34)(H,35,36)/t19-,23?/m1/s1. The van der Waals surface area contributed by atoms with Crippen LogP contribution in [0.25, 0.3) is 0 Å². The topological polar surface area (TPSA) is 96.9 Å². The second-order valence-corrected chi connectivity index (χ2v) is 11.0. The molecule has 2 aliphatic rings. The number of carboxylic acid groups (broad SMARTS) is 1. The van der Waals surface area contributed by atoms with E-state index in [1.165, 1.54) is 0 Å². The summed E-state index contributed by atoms with van der Waals surface area (Å²) in [5, 5.41) is 15.6. The highest BCUT2D eigenvalue weighted by atomic mass is 19.3. The SMILES string of the molecule is CCOc1cc([C@@H](C)C(CCCCC2CCNCC2)C(=O)NC2(C(=O)O)CC(F)(F)C2)cc(OCC)c1C. The van der Waals surface area contributed by atoms with E-state index in [0.29, 0.717) is 37.1 Å². The molecule has 1 unspecified atom stereocenters. The van der Waals surface area contributed by atoms with Gasteiger partial charge in [0, 0.05) is 24.3 Å². The van der Waals surface area contributed by atoms with Crippen molar-refractivity contribution in [2.45, 2.75) is 96.4 Å². The summed E-state index contributed by atoms with van der Waals surface area (Å²) in [6.45, 7) is 10.7. The molecule has 7 nitrogen and oxygen atoms in total. The van der Waals surface area contributed by atoms with Crippen molar-refractivity contribution in [2.75, 3.05) is 26.3 Å². The van der Waals surface area contributed by atoms with Gasteiger partial charge in [-0.3, -0.25) is 4.79 Å². The Kier molecular flexibility index (Phi) is 10.4. The second-order valence-electron chi connectivity index (χ2n) is 11.0. The fourth-order valence-electron chi connectivity index (χ4n) is 5.82. The molecule has 9 heteroatoms. The summed E-state index contributed by atoms with van der Waals surface area (Å²) in [5.74, 6) is -3.86. The van der Waals surface area contributed by atoms with Crippen LogP contribution in [-0.2, 0) is 9.59 Å². The van der Waals surface area contributed by atoms with E-state index in [1.807, 2.05) is 39.8 Å². The van der Waals surface area contributed by atoms with Gasteiger partial charge in [0.05, 0.1) is 13.2 Å². The molecular formula is C29H44F2N2O5. The Bertz CT molecular complexity index is 929. The van der Waals surface area contributed by atoms with Gasteiger partial charge in [0.25, 0.3) is 5.92 Å². The molecule has 1 saturated heterocycles. The summed E-state index contributed by atoms with van der Waals surface area (Å²) in [4.78, 5) is 25.5. The molecule has 2 atom stereocenters. The molecule has 0 spiro atoms.